The summed E-state index contributed by atoms with van der Waals surface area (Å²) in [6.45, 7) is 7.81. The van der Waals surface area contributed by atoms with Crippen molar-refractivity contribution in [2.24, 2.45) is 0 Å². The summed E-state index contributed by atoms with van der Waals surface area (Å²) in [7, 11) is 1.63. The zero-order valence-electron chi connectivity index (χ0n) is 18.4. The average Bonchev–Trinajstić information content (AvgIpc) is 2.74. The zero-order valence-corrected chi connectivity index (χ0v) is 18.4. The lowest BCUT2D eigenvalue weighted by molar-refractivity contribution is -0.131. The number of nitrogens with zero attached hydrogens (tertiary/aromatic N) is 1. The summed E-state index contributed by atoms with van der Waals surface area (Å²) in [6.07, 6.45) is 1.95. The van der Waals surface area contributed by atoms with Crippen LogP contribution in [0.15, 0.2) is 48.5 Å². The van der Waals surface area contributed by atoms with Crippen LogP contribution in [0, 0.1) is 0 Å². The van der Waals surface area contributed by atoms with Gasteiger partial charge < -0.3 is 15.0 Å². The van der Waals surface area contributed by atoms with Gasteiger partial charge in [0.25, 0.3) is 5.91 Å². The van der Waals surface area contributed by atoms with Crippen LogP contribution in [-0.2, 0) is 16.6 Å². The number of carbonyl (C=O) groups excluding carboxylic acids is 2. The van der Waals surface area contributed by atoms with Crippen molar-refractivity contribution in [3.05, 3.63) is 65.2 Å². The molecule has 5 nitrogen and oxygen atoms in total. The van der Waals surface area contributed by atoms with Gasteiger partial charge in [-0.2, -0.15) is 0 Å². The Bertz CT molecular complexity index is 859. The monoisotopic (exact) mass is 408 g/mol. The van der Waals surface area contributed by atoms with Crippen LogP contribution in [0.25, 0.3) is 0 Å². The van der Waals surface area contributed by atoms with Gasteiger partial charge in [0.2, 0.25) is 5.91 Å². The minimum absolute atomic E-state index is 0.0431. The van der Waals surface area contributed by atoms with E-state index in [2.05, 4.69) is 26.1 Å². The van der Waals surface area contributed by atoms with Gasteiger partial charge in [-0.25, -0.2) is 0 Å². The van der Waals surface area contributed by atoms with E-state index in [1.54, 1.807) is 7.11 Å². The molecule has 1 N–H and O–H groups in total. The van der Waals surface area contributed by atoms with E-state index in [1.165, 1.54) is 5.56 Å². The first-order valence-corrected chi connectivity index (χ1v) is 10.6. The predicted octanol–water partition coefficient (Wildman–Crippen LogP) is 3.96. The molecule has 0 saturated carbocycles. The molecular formula is C25H32N2O3. The molecule has 0 radical (unpaired) electrons. The van der Waals surface area contributed by atoms with Gasteiger partial charge in [0.1, 0.15) is 5.75 Å². The van der Waals surface area contributed by atoms with Crippen molar-refractivity contribution < 1.29 is 14.3 Å². The summed E-state index contributed by atoms with van der Waals surface area (Å²) in [5.74, 6) is 0.872. The standard InChI is InChI=1S/C25H32N2O3/c1-25(2,3)20-9-7-19(8-10-20)24(29)26-21-13-15-27(16-14-21)23(28)17-18-5-11-22(30-4)12-6-18/h5-12,21H,13-17H2,1-4H3,(H,26,29). The molecule has 3 rings (SSSR count). The molecule has 30 heavy (non-hydrogen) atoms. The molecule has 2 amide bonds. The van der Waals surface area contributed by atoms with E-state index < -0.39 is 0 Å². The number of nitrogens with one attached hydrogen (secondary N) is 1. The number of hydrogen-bond donors (Lipinski definition) is 1. The second kappa shape index (κ2) is 9.33. The number of methoxy groups -OCH3 is 1. The summed E-state index contributed by atoms with van der Waals surface area (Å²) >= 11 is 0. The molecule has 0 aliphatic carbocycles. The van der Waals surface area contributed by atoms with Crippen LogP contribution in [0.4, 0.5) is 0 Å². The summed E-state index contributed by atoms with van der Waals surface area (Å²) < 4.78 is 5.16. The Hall–Kier alpha value is -2.82. The minimum atomic E-state index is -0.0431. The van der Waals surface area contributed by atoms with Gasteiger partial charge in [0.05, 0.1) is 13.5 Å². The third kappa shape index (κ3) is 5.62. The van der Waals surface area contributed by atoms with Gasteiger partial charge >= 0.3 is 0 Å². The Labute approximate surface area is 179 Å². The SMILES string of the molecule is COc1ccc(CC(=O)N2CCC(NC(=O)c3ccc(C(C)(C)C)cc3)CC2)cc1. The van der Waals surface area contributed by atoms with Crippen molar-refractivity contribution in [2.45, 2.75) is 51.5 Å². The molecule has 2 aromatic carbocycles. The molecule has 1 heterocycles. The Balaban J connectivity index is 1.47. The molecule has 1 fully saturated rings. The van der Waals surface area contributed by atoms with Crippen LogP contribution in [0.3, 0.4) is 0 Å². The van der Waals surface area contributed by atoms with Crippen molar-refractivity contribution in [3.63, 3.8) is 0 Å². The smallest absolute Gasteiger partial charge is 0.251 e. The molecule has 1 saturated heterocycles. The summed E-state index contributed by atoms with van der Waals surface area (Å²) in [4.78, 5) is 27.1. The highest BCUT2D eigenvalue weighted by atomic mass is 16.5. The van der Waals surface area contributed by atoms with Gasteiger partial charge in [-0.05, 0) is 53.6 Å². The van der Waals surface area contributed by atoms with Crippen molar-refractivity contribution in [2.75, 3.05) is 20.2 Å². The number of amides is 2. The first-order chi connectivity index (χ1) is 14.3. The first-order valence-electron chi connectivity index (χ1n) is 10.6. The highest BCUT2D eigenvalue weighted by molar-refractivity contribution is 5.94. The summed E-state index contributed by atoms with van der Waals surface area (Å²) in [5.41, 5.74) is 2.94. The average molecular weight is 409 g/mol. The fourth-order valence-corrected chi connectivity index (χ4v) is 3.69. The van der Waals surface area contributed by atoms with E-state index in [1.807, 2.05) is 53.4 Å². The molecule has 1 aliphatic heterocycles. The Morgan fingerprint density at radius 1 is 1.00 bits per heavy atom. The van der Waals surface area contributed by atoms with Crippen molar-refractivity contribution in [3.8, 4) is 5.75 Å². The van der Waals surface area contributed by atoms with Crippen LogP contribution in [-0.4, -0.2) is 43.0 Å². The topological polar surface area (TPSA) is 58.6 Å². The number of likely N-dealkylation sites (tertiary alicyclic amines) is 1. The minimum Gasteiger partial charge on any atom is -0.497 e. The molecule has 160 valence electrons. The largest absolute Gasteiger partial charge is 0.497 e. The Morgan fingerprint density at radius 3 is 2.13 bits per heavy atom. The quantitative estimate of drug-likeness (QED) is 0.815. The van der Waals surface area contributed by atoms with Crippen LogP contribution < -0.4 is 10.1 Å². The molecule has 0 aromatic heterocycles. The van der Waals surface area contributed by atoms with Crippen molar-refractivity contribution in [1.29, 1.82) is 0 Å². The highest BCUT2D eigenvalue weighted by Gasteiger charge is 2.24. The molecule has 0 spiro atoms. The van der Waals surface area contributed by atoms with Gasteiger partial charge in [0, 0.05) is 24.7 Å². The normalized spacial score (nSPS) is 15.0. The molecular weight excluding hydrogens is 376 g/mol. The molecule has 0 unspecified atom stereocenters. The number of carbonyl (C=O) groups is 2. The first kappa shape index (κ1) is 21.9. The maximum atomic E-state index is 12.6. The molecule has 2 aromatic rings. The van der Waals surface area contributed by atoms with Crippen LogP contribution >= 0.6 is 0 Å². The molecule has 0 atom stereocenters. The third-order valence-corrected chi connectivity index (χ3v) is 5.71. The second-order valence-electron chi connectivity index (χ2n) is 8.98. The van der Waals surface area contributed by atoms with Crippen molar-refractivity contribution in [1.82, 2.24) is 10.2 Å². The van der Waals surface area contributed by atoms with Crippen molar-refractivity contribution >= 4 is 11.8 Å². The lowest BCUT2D eigenvalue weighted by Crippen LogP contribution is -2.47. The fraction of sp³-hybridized carbons (Fsp3) is 0.440. The van der Waals surface area contributed by atoms with Crippen LogP contribution in [0.5, 0.6) is 5.75 Å². The van der Waals surface area contributed by atoms with E-state index in [0.29, 0.717) is 25.1 Å². The van der Waals surface area contributed by atoms with E-state index in [9.17, 15) is 9.59 Å². The predicted molar refractivity (Wildman–Crippen MR) is 119 cm³/mol. The van der Waals surface area contributed by atoms with Gasteiger partial charge in [0.15, 0.2) is 0 Å². The third-order valence-electron chi connectivity index (χ3n) is 5.71. The number of benzene rings is 2. The van der Waals surface area contributed by atoms with Gasteiger partial charge in [-0.1, -0.05) is 45.0 Å². The number of rotatable bonds is 5. The zero-order chi connectivity index (χ0) is 21.7. The lowest BCUT2D eigenvalue weighted by Gasteiger charge is -2.32. The van der Waals surface area contributed by atoms with E-state index in [4.69, 9.17) is 4.74 Å². The van der Waals surface area contributed by atoms with Crippen LogP contribution in [0.2, 0.25) is 0 Å². The van der Waals surface area contributed by atoms with E-state index in [-0.39, 0.29) is 23.3 Å². The molecule has 5 heteroatoms. The Kier molecular flexibility index (Phi) is 6.80. The maximum absolute atomic E-state index is 12.6. The fourth-order valence-electron chi connectivity index (χ4n) is 3.69. The number of piperidine rings is 1. The maximum Gasteiger partial charge on any atom is 0.251 e. The number of ether oxygens (including phenoxy) is 1. The Morgan fingerprint density at radius 2 is 1.60 bits per heavy atom. The van der Waals surface area contributed by atoms with Gasteiger partial charge in [-0.15, -0.1) is 0 Å². The van der Waals surface area contributed by atoms with E-state index in [0.717, 1.165) is 24.2 Å². The second-order valence-corrected chi connectivity index (χ2v) is 8.98. The molecule has 1 aliphatic rings. The summed E-state index contributed by atoms with van der Waals surface area (Å²) in [6, 6.07) is 15.5. The van der Waals surface area contributed by atoms with Gasteiger partial charge in [-0.3, -0.25) is 9.59 Å². The summed E-state index contributed by atoms with van der Waals surface area (Å²) in [5, 5.41) is 3.12. The van der Waals surface area contributed by atoms with E-state index >= 15 is 0 Å². The molecule has 0 bridgehead atoms. The van der Waals surface area contributed by atoms with Crippen LogP contribution in [0.1, 0.15) is 55.1 Å². The lowest BCUT2D eigenvalue weighted by atomic mass is 9.86. The number of hydrogen-bond acceptors (Lipinski definition) is 3. The highest BCUT2D eigenvalue weighted by Crippen LogP contribution is 2.22.